The number of ether oxygens (including phenoxy) is 1. The second-order valence-electron chi connectivity index (χ2n) is 6.30. The molecule has 0 atom stereocenters. The molecule has 0 aliphatic rings. The molecule has 0 spiro atoms. The van der Waals surface area contributed by atoms with Crippen molar-refractivity contribution in [2.24, 2.45) is 0 Å². The molecular weight excluding hydrogens is 394 g/mol. The monoisotopic (exact) mass is 408 g/mol. The van der Waals surface area contributed by atoms with E-state index < -0.39 is 12.5 Å². The van der Waals surface area contributed by atoms with Gasteiger partial charge >= 0.3 is 6.55 Å². The first-order valence-corrected chi connectivity index (χ1v) is 8.70. The topological polar surface area (TPSA) is 109 Å². The van der Waals surface area contributed by atoms with Gasteiger partial charge in [-0.05, 0) is 36.4 Å². The SMILES string of the molecule is COc1cc(C#N)ccc1C(=O)Nc1ccc2[nH]nc(-c3cnn(C(F)F)c3)c2c1. The lowest BCUT2D eigenvalue weighted by molar-refractivity contribution is 0.0566. The number of hydrogen-bond acceptors (Lipinski definition) is 5. The smallest absolute Gasteiger partial charge is 0.333 e. The number of fused-ring (bicyclic) bond motifs is 1. The quantitative estimate of drug-likeness (QED) is 0.520. The number of nitrogens with zero attached hydrogens (tertiary/aromatic N) is 4. The highest BCUT2D eigenvalue weighted by Crippen LogP contribution is 2.29. The first-order valence-electron chi connectivity index (χ1n) is 8.70. The van der Waals surface area contributed by atoms with Crippen LogP contribution in [0.1, 0.15) is 22.5 Å². The predicted octanol–water partition coefficient (Wildman–Crippen LogP) is 3.95. The first kappa shape index (κ1) is 19.1. The summed E-state index contributed by atoms with van der Waals surface area (Å²) < 4.78 is 31.4. The van der Waals surface area contributed by atoms with Gasteiger partial charge in [0.05, 0.1) is 36.0 Å². The summed E-state index contributed by atoms with van der Waals surface area (Å²) in [7, 11) is 1.41. The average molecular weight is 408 g/mol. The Balaban J connectivity index is 1.65. The molecule has 2 heterocycles. The minimum absolute atomic E-state index is 0.266. The maximum absolute atomic E-state index is 12.8. The van der Waals surface area contributed by atoms with Gasteiger partial charge in [-0.2, -0.15) is 24.2 Å². The van der Waals surface area contributed by atoms with Crippen molar-refractivity contribution < 1.29 is 18.3 Å². The van der Waals surface area contributed by atoms with Crippen LogP contribution in [0, 0.1) is 11.3 Å². The lowest BCUT2D eigenvalue weighted by atomic mass is 10.1. The van der Waals surface area contributed by atoms with E-state index in [1.54, 1.807) is 18.2 Å². The lowest BCUT2D eigenvalue weighted by Crippen LogP contribution is -2.13. The largest absolute Gasteiger partial charge is 0.496 e. The molecule has 0 saturated heterocycles. The second kappa shape index (κ2) is 7.63. The average Bonchev–Trinajstić information content (AvgIpc) is 3.40. The van der Waals surface area contributed by atoms with Crippen molar-refractivity contribution in [1.82, 2.24) is 20.0 Å². The highest BCUT2D eigenvalue weighted by molar-refractivity contribution is 6.07. The van der Waals surface area contributed by atoms with E-state index in [4.69, 9.17) is 10.00 Å². The number of rotatable bonds is 5. The van der Waals surface area contributed by atoms with Crippen molar-refractivity contribution in [1.29, 1.82) is 5.26 Å². The second-order valence-corrected chi connectivity index (χ2v) is 6.30. The number of benzene rings is 2. The van der Waals surface area contributed by atoms with E-state index in [-0.39, 0.29) is 11.3 Å². The third-order valence-corrected chi connectivity index (χ3v) is 4.47. The third-order valence-electron chi connectivity index (χ3n) is 4.47. The molecule has 2 N–H and O–H groups in total. The lowest BCUT2D eigenvalue weighted by Gasteiger charge is -2.10. The van der Waals surface area contributed by atoms with Gasteiger partial charge in [-0.1, -0.05) is 0 Å². The van der Waals surface area contributed by atoms with Gasteiger partial charge in [0.25, 0.3) is 5.91 Å². The number of nitriles is 1. The van der Waals surface area contributed by atoms with Crippen molar-refractivity contribution >= 4 is 22.5 Å². The molecule has 0 unspecified atom stereocenters. The predicted molar refractivity (Wildman–Crippen MR) is 104 cm³/mol. The van der Waals surface area contributed by atoms with Crippen LogP contribution in [-0.4, -0.2) is 33.0 Å². The summed E-state index contributed by atoms with van der Waals surface area (Å²) in [6, 6.07) is 11.6. The Morgan fingerprint density at radius 2 is 2.13 bits per heavy atom. The Morgan fingerprint density at radius 3 is 2.83 bits per heavy atom. The van der Waals surface area contributed by atoms with E-state index in [1.165, 1.54) is 37.7 Å². The number of halogens is 2. The number of H-pyrrole nitrogens is 1. The van der Waals surface area contributed by atoms with Gasteiger partial charge in [-0.3, -0.25) is 9.89 Å². The summed E-state index contributed by atoms with van der Waals surface area (Å²) in [5.74, 6) is -0.151. The molecule has 0 radical (unpaired) electrons. The molecule has 0 bridgehead atoms. The Kier molecular flexibility index (Phi) is 4.85. The summed E-state index contributed by atoms with van der Waals surface area (Å²) in [6.45, 7) is -2.75. The number of aromatic amines is 1. The molecule has 0 fully saturated rings. The first-order chi connectivity index (χ1) is 14.5. The molecule has 4 aromatic rings. The molecule has 150 valence electrons. The van der Waals surface area contributed by atoms with E-state index in [2.05, 4.69) is 20.6 Å². The number of aromatic nitrogens is 4. The van der Waals surface area contributed by atoms with Gasteiger partial charge in [-0.25, -0.2) is 4.68 Å². The fourth-order valence-corrected chi connectivity index (χ4v) is 3.03. The number of anilines is 1. The fraction of sp³-hybridized carbons (Fsp3) is 0.100. The summed E-state index contributed by atoms with van der Waals surface area (Å²) in [4.78, 5) is 12.7. The zero-order valence-electron chi connectivity index (χ0n) is 15.6. The molecule has 0 saturated carbocycles. The van der Waals surface area contributed by atoms with Crippen LogP contribution in [0.25, 0.3) is 22.2 Å². The van der Waals surface area contributed by atoms with Crippen molar-refractivity contribution in [3.05, 3.63) is 59.9 Å². The van der Waals surface area contributed by atoms with Gasteiger partial charge in [-0.15, -0.1) is 0 Å². The van der Waals surface area contributed by atoms with E-state index >= 15 is 0 Å². The Hall–Kier alpha value is -4.26. The zero-order valence-corrected chi connectivity index (χ0v) is 15.6. The summed E-state index contributed by atoms with van der Waals surface area (Å²) in [5.41, 5.74) is 2.63. The van der Waals surface area contributed by atoms with Crippen molar-refractivity contribution in [3.8, 4) is 23.1 Å². The molecule has 4 rings (SSSR count). The number of alkyl halides is 2. The molecule has 1 amide bonds. The molecular formula is C20H14F2N6O2. The Bertz CT molecular complexity index is 1290. The maximum atomic E-state index is 12.8. The van der Waals surface area contributed by atoms with Crippen LogP contribution in [0.3, 0.4) is 0 Å². The highest BCUT2D eigenvalue weighted by Gasteiger charge is 2.16. The normalized spacial score (nSPS) is 10.9. The number of methoxy groups -OCH3 is 1. The maximum Gasteiger partial charge on any atom is 0.333 e. The number of hydrogen-bond donors (Lipinski definition) is 2. The molecule has 10 heteroatoms. The van der Waals surface area contributed by atoms with Crippen LogP contribution in [0.4, 0.5) is 14.5 Å². The fourth-order valence-electron chi connectivity index (χ4n) is 3.03. The number of nitrogens with one attached hydrogen (secondary N) is 2. The van der Waals surface area contributed by atoms with Crippen molar-refractivity contribution in [3.63, 3.8) is 0 Å². The van der Waals surface area contributed by atoms with Crippen LogP contribution < -0.4 is 10.1 Å². The summed E-state index contributed by atoms with van der Waals surface area (Å²) in [6.07, 6.45) is 2.50. The van der Waals surface area contributed by atoms with Gasteiger partial charge in [0.1, 0.15) is 11.4 Å². The molecule has 2 aromatic carbocycles. The molecule has 0 aliphatic heterocycles. The van der Waals surface area contributed by atoms with Crippen LogP contribution in [-0.2, 0) is 0 Å². The highest BCUT2D eigenvalue weighted by atomic mass is 19.3. The van der Waals surface area contributed by atoms with Crippen LogP contribution in [0.2, 0.25) is 0 Å². The molecule has 2 aromatic heterocycles. The minimum atomic E-state index is -2.75. The molecule has 0 aliphatic carbocycles. The van der Waals surface area contributed by atoms with Gasteiger partial charge in [0.15, 0.2) is 0 Å². The Morgan fingerprint density at radius 1 is 1.30 bits per heavy atom. The molecule has 8 nitrogen and oxygen atoms in total. The van der Waals surface area contributed by atoms with Crippen molar-refractivity contribution in [2.45, 2.75) is 6.55 Å². The number of amides is 1. The Labute approximate surface area is 168 Å². The van der Waals surface area contributed by atoms with E-state index in [1.807, 2.05) is 6.07 Å². The van der Waals surface area contributed by atoms with E-state index in [9.17, 15) is 13.6 Å². The zero-order chi connectivity index (χ0) is 21.3. The van der Waals surface area contributed by atoms with Crippen molar-refractivity contribution in [2.75, 3.05) is 12.4 Å². The number of carbonyl (C=O) groups excluding carboxylic acids is 1. The van der Waals surface area contributed by atoms with Crippen LogP contribution in [0.5, 0.6) is 5.75 Å². The van der Waals surface area contributed by atoms with Crippen LogP contribution >= 0.6 is 0 Å². The number of carbonyl (C=O) groups is 1. The standard InChI is InChI=1S/C20H14F2N6O2/c1-30-17-6-11(8-23)2-4-14(17)19(29)25-13-3-5-16-15(7-13)18(27-26-16)12-9-24-28(10-12)20(21)22/h2-7,9-10,20H,1H3,(H,25,29)(H,26,27). The van der Waals surface area contributed by atoms with Gasteiger partial charge < -0.3 is 10.1 Å². The van der Waals surface area contributed by atoms with Gasteiger partial charge in [0, 0.05) is 22.8 Å². The van der Waals surface area contributed by atoms with Crippen LogP contribution in [0.15, 0.2) is 48.8 Å². The molecule has 30 heavy (non-hydrogen) atoms. The van der Waals surface area contributed by atoms with E-state index in [0.29, 0.717) is 38.1 Å². The van der Waals surface area contributed by atoms with Gasteiger partial charge in [0.2, 0.25) is 0 Å². The summed E-state index contributed by atoms with van der Waals surface area (Å²) >= 11 is 0. The minimum Gasteiger partial charge on any atom is -0.496 e. The third kappa shape index (κ3) is 3.44. The van der Waals surface area contributed by atoms with E-state index in [0.717, 1.165) is 0 Å². The summed E-state index contributed by atoms with van der Waals surface area (Å²) in [5, 5.41) is 23.0.